The van der Waals surface area contributed by atoms with Crippen LogP contribution in [0.3, 0.4) is 0 Å². The summed E-state index contributed by atoms with van der Waals surface area (Å²) in [4.78, 5) is 27.7. The quantitative estimate of drug-likeness (QED) is 0.803. The summed E-state index contributed by atoms with van der Waals surface area (Å²) in [5.41, 5.74) is 1.21. The molecule has 1 aromatic carbocycles. The molecule has 2 rings (SSSR count). The minimum absolute atomic E-state index is 0.0898. The van der Waals surface area contributed by atoms with Crippen molar-refractivity contribution in [3.8, 4) is 0 Å². The van der Waals surface area contributed by atoms with E-state index in [9.17, 15) is 9.59 Å². The summed E-state index contributed by atoms with van der Waals surface area (Å²) < 4.78 is 1.05. The molecule has 0 N–H and O–H groups in total. The third kappa shape index (κ3) is 4.80. The lowest BCUT2D eigenvalue weighted by atomic mass is 9.85. The number of piperazine rings is 1. The van der Waals surface area contributed by atoms with Gasteiger partial charge in [0.15, 0.2) is 0 Å². The van der Waals surface area contributed by atoms with Crippen LogP contribution in [-0.2, 0) is 9.59 Å². The summed E-state index contributed by atoms with van der Waals surface area (Å²) in [6.07, 6.45) is 0.527. The molecule has 1 fully saturated rings. The smallest absolute Gasteiger partial charge is 0.223 e. The van der Waals surface area contributed by atoms with Crippen molar-refractivity contribution >= 4 is 27.7 Å². The van der Waals surface area contributed by atoms with Crippen LogP contribution in [0, 0.1) is 5.92 Å². The Bertz CT molecular complexity index is 549. The molecule has 0 aliphatic carbocycles. The second-order valence-electron chi connectivity index (χ2n) is 6.49. The molecule has 0 spiro atoms. The number of carbonyl (C=O) groups is 2. The van der Waals surface area contributed by atoms with Crippen molar-refractivity contribution in [3.63, 3.8) is 0 Å². The highest BCUT2D eigenvalue weighted by molar-refractivity contribution is 9.10. The number of rotatable bonds is 4. The summed E-state index contributed by atoms with van der Waals surface area (Å²) >= 11 is 3.45. The normalized spacial score (nSPS) is 16.6. The van der Waals surface area contributed by atoms with Gasteiger partial charge in [-0.25, -0.2) is 0 Å². The van der Waals surface area contributed by atoms with Crippen molar-refractivity contribution in [2.75, 3.05) is 26.2 Å². The zero-order valence-corrected chi connectivity index (χ0v) is 15.7. The van der Waals surface area contributed by atoms with Crippen LogP contribution in [0.4, 0.5) is 0 Å². The van der Waals surface area contributed by atoms with Gasteiger partial charge < -0.3 is 9.80 Å². The van der Waals surface area contributed by atoms with Crippen LogP contribution in [-0.4, -0.2) is 47.8 Å². The van der Waals surface area contributed by atoms with Crippen LogP contribution >= 0.6 is 15.9 Å². The molecule has 0 saturated carbocycles. The van der Waals surface area contributed by atoms with Gasteiger partial charge >= 0.3 is 0 Å². The van der Waals surface area contributed by atoms with E-state index < -0.39 is 0 Å². The average Bonchev–Trinajstić information content (AvgIpc) is 2.53. The van der Waals surface area contributed by atoms with E-state index in [1.807, 2.05) is 17.0 Å². The van der Waals surface area contributed by atoms with E-state index in [2.05, 4.69) is 41.9 Å². The van der Waals surface area contributed by atoms with Gasteiger partial charge in [-0.05, 0) is 29.5 Å². The highest BCUT2D eigenvalue weighted by atomic mass is 79.9. The van der Waals surface area contributed by atoms with Crippen molar-refractivity contribution in [1.82, 2.24) is 9.80 Å². The largest absolute Gasteiger partial charge is 0.339 e. The topological polar surface area (TPSA) is 40.6 Å². The minimum atomic E-state index is 0.0898. The molecule has 0 radical (unpaired) electrons. The maximum Gasteiger partial charge on any atom is 0.223 e. The van der Waals surface area contributed by atoms with Crippen LogP contribution in [0.1, 0.15) is 38.7 Å². The van der Waals surface area contributed by atoms with Crippen molar-refractivity contribution in [2.24, 2.45) is 5.92 Å². The van der Waals surface area contributed by atoms with E-state index in [-0.39, 0.29) is 17.7 Å². The van der Waals surface area contributed by atoms with Gasteiger partial charge in [0.25, 0.3) is 0 Å². The molecule has 1 unspecified atom stereocenters. The molecule has 1 aliphatic rings. The maximum absolute atomic E-state index is 12.6. The zero-order chi connectivity index (χ0) is 17.0. The Morgan fingerprint density at radius 3 is 2.04 bits per heavy atom. The van der Waals surface area contributed by atoms with Gasteiger partial charge in [-0.15, -0.1) is 0 Å². The fourth-order valence-electron chi connectivity index (χ4n) is 3.04. The van der Waals surface area contributed by atoms with Crippen molar-refractivity contribution in [1.29, 1.82) is 0 Å². The van der Waals surface area contributed by atoms with Gasteiger partial charge in [0.05, 0.1) is 0 Å². The minimum Gasteiger partial charge on any atom is -0.339 e. The molecule has 1 heterocycles. The first-order valence-corrected chi connectivity index (χ1v) is 8.96. The Balaban J connectivity index is 1.99. The predicted octanol–water partition coefficient (Wildman–Crippen LogP) is 3.27. The Labute approximate surface area is 147 Å². The molecule has 0 bridgehead atoms. The van der Waals surface area contributed by atoms with Crippen LogP contribution in [0.15, 0.2) is 28.7 Å². The maximum atomic E-state index is 12.6. The van der Waals surface area contributed by atoms with Gasteiger partial charge in [0.1, 0.15) is 0 Å². The van der Waals surface area contributed by atoms with E-state index in [4.69, 9.17) is 0 Å². The summed E-state index contributed by atoms with van der Waals surface area (Å²) in [7, 11) is 0. The van der Waals surface area contributed by atoms with Crippen LogP contribution in [0.2, 0.25) is 0 Å². The van der Waals surface area contributed by atoms with Crippen LogP contribution in [0.5, 0.6) is 0 Å². The van der Waals surface area contributed by atoms with E-state index in [1.54, 1.807) is 11.8 Å². The predicted molar refractivity (Wildman–Crippen MR) is 95.2 cm³/mol. The number of hydrogen-bond donors (Lipinski definition) is 0. The first-order chi connectivity index (χ1) is 10.9. The number of halogens is 1. The number of benzene rings is 1. The van der Waals surface area contributed by atoms with Gasteiger partial charge in [0.2, 0.25) is 11.8 Å². The monoisotopic (exact) mass is 380 g/mol. The zero-order valence-electron chi connectivity index (χ0n) is 14.1. The lowest BCUT2D eigenvalue weighted by Gasteiger charge is -2.35. The summed E-state index contributed by atoms with van der Waals surface area (Å²) in [5, 5.41) is 0. The Morgan fingerprint density at radius 1 is 1.04 bits per heavy atom. The van der Waals surface area contributed by atoms with Gasteiger partial charge in [-0.1, -0.05) is 41.9 Å². The van der Waals surface area contributed by atoms with Gasteiger partial charge in [-0.3, -0.25) is 9.59 Å². The van der Waals surface area contributed by atoms with Crippen molar-refractivity contribution in [2.45, 2.75) is 33.1 Å². The number of carbonyl (C=O) groups excluding carboxylic acids is 2. The molecule has 5 heteroatoms. The van der Waals surface area contributed by atoms with E-state index in [0.29, 0.717) is 38.5 Å². The van der Waals surface area contributed by atoms with Crippen molar-refractivity contribution in [3.05, 3.63) is 34.3 Å². The molecule has 1 atom stereocenters. The fourth-order valence-corrected chi connectivity index (χ4v) is 3.30. The Morgan fingerprint density at radius 2 is 1.57 bits per heavy atom. The lowest BCUT2D eigenvalue weighted by molar-refractivity contribution is -0.138. The van der Waals surface area contributed by atoms with Crippen molar-refractivity contribution < 1.29 is 9.59 Å². The molecule has 1 aliphatic heterocycles. The lowest BCUT2D eigenvalue weighted by Crippen LogP contribution is -2.50. The Kier molecular flexibility index (Phi) is 6.22. The number of amides is 2. The molecule has 0 aromatic heterocycles. The summed E-state index contributed by atoms with van der Waals surface area (Å²) in [5.74, 6) is 0.905. The number of nitrogens with zero attached hydrogens (tertiary/aromatic N) is 2. The molecule has 1 aromatic rings. The van der Waals surface area contributed by atoms with Crippen LogP contribution < -0.4 is 0 Å². The van der Waals surface area contributed by atoms with Gasteiger partial charge in [-0.2, -0.15) is 0 Å². The molecule has 1 saturated heterocycles. The third-order valence-electron chi connectivity index (χ3n) is 4.58. The second-order valence-corrected chi connectivity index (χ2v) is 7.41. The molecule has 4 nitrogen and oxygen atoms in total. The van der Waals surface area contributed by atoms with E-state index in [1.165, 1.54) is 5.56 Å². The van der Waals surface area contributed by atoms with Crippen LogP contribution in [0.25, 0.3) is 0 Å². The standard InChI is InChI=1S/C18H25BrN2O2/c1-13(2)17(15-4-6-16(19)7-5-15)12-18(23)21-10-8-20(9-11-21)14(3)22/h4-7,13,17H,8-12H2,1-3H3. The first-order valence-electron chi connectivity index (χ1n) is 8.17. The van der Waals surface area contributed by atoms with E-state index in [0.717, 1.165) is 4.47 Å². The molecular formula is C18H25BrN2O2. The molecule has 23 heavy (non-hydrogen) atoms. The molecular weight excluding hydrogens is 356 g/mol. The average molecular weight is 381 g/mol. The number of hydrogen-bond acceptors (Lipinski definition) is 2. The summed E-state index contributed by atoms with van der Waals surface area (Å²) in [6, 6.07) is 8.24. The fraction of sp³-hybridized carbons (Fsp3) is 0.556. The highest BCUT2D eigenvalue weighted by Crippen LogP contribution is 2.29. The molecule has 2 amide bonds. The SMILES string of the molecule is CC(=O)N1CCN(C(=O)CC(c2ccc(Br)cc2)C(C)C)CC1. The van der Waals surface area contributed by atoms with Gasteiger partial charge in [0, 0.05) is 44.0 Å². The second kappa shape index (κ2) is 7.95. The molecule has 126 valence electrons. The third-order valence-corrected chi connectivity index (χ3v) is 5.10. The summed E-state index contributed by atoms with van der Waals surface area (Å²) in [6.45, 7) is 8.48. The van der Waals surface area contributed by atoms with E-state index >= 15 is 0 Å². The Hall–Kier alpha value is -1.36. The highest BCUT2D eigenvalue weighted by Gasteiger charge is 2.26. The first kappa shape index (κ1) is 18.0.